The standard InChI is InChI=1S/C13H16.C2H6/c1-5-7-13-11(4)9-8-10(3)12(13)6-2;1-2/h5-9H,2H2,1,3-4H3;1-2H3/b7-5-;. The molecule has 15 heavy (non-hydrogen) atoms. The van der Waals surface area contributed by atoms with E-state index in [-0.39, 0.29) is 0 Å². The monoisotopic (exact) mass is 202 g/mol. The van der Waals surface area contributed by atoms with Gasteiger partial charge in [0.25, 0.3) is 0 Å². The number of hydrogen-bond donors (Lipinski definition) is 0. The molecule has 0 bridgehead atoms. The molecule has 0 saturated heterocycles. The lowest BCUT2D eigenvalue weighted by molar-refractivity contribution is 1.35. The summed E-state index contributed by atoms with van der Waals surface area (Å²) in [6.07, 6.45) is 6.13. The number of hydrogen-bond acceptors (Lipinski definition) is 0. The molecule has 0 N–H and O–H groups in total. The maximum Gasteiger partial charge on any atom is -0.0156 e. The van der Waals surface area contributed by atoms with E-state index in [1.807, 2.05) is 26.8 Å². The molecule has 0 aliphatic carbocycles. The van der Waals surface area contributed by atoms with Crippen LogP contribution in [0.3, 0.4) is 0 Å². The van der Waals surface area contributed by atoms with Crippen molar-refractivity contribution in [1.29, 1.82) is 0 Å². The molecule has 0 heterocycles. The minimum Gasteiger partial charge on any atom is -0.0984 e. The predicted octanol–water partition coefficient (Wildman–Crippen LogP) is 5.01. The zero-order chi connectivity index (χ0) is 11.8. The van der Waals surface area contributed by atoms with Crippen molar-refractivity contribution in [3.8, 4) is 0 Å². The molecular formula is C15H22. The molecule has 1 aromatic carbocycles. The molecule has 0 unspecified atom stereocenters. The number of rotatable bonds is 2. The van der Waals surface area contributed by atoms with Crippen LogP contribution in [0.25, 0.3) is 12.2 Å². The Morgan fingerprint density at radius 3 is 1.87 bits per heavy atom. The van der Waals surface area contributed by atoms with E-state index in [9.17, 15) is 0 Å². The highest BCUT2D eigenvalue weighted by molar-refractivity contribution is 5.69. The van der Waals surface area contributed by atoms with Crippen LogP contribution >= 0.6 is 0 Å². The van der Waals surface area contributed by atoms with Gasteiger partial charge in [0.1, 0.15) is 0 Å². The summed E-state index contributed by atoms with van der Waals surface area (Å²) >= 11 is 0. The van der Waals surface area contributed by atoms with Crippen LogP contribution in [0.5, 0.6) is 0 Å². The predicted molar refractivity (Wildman–Crippen MR) is 72.1 cm³/mol. The van der Waals surface area contributed by atoms with Gasteiger partial charge in [-0.2, -0.15) is 0 Å². The normalized spacial score (nSPS) is 9.67. The van der Waals surface area contributed by atoms with Crippen molar-refractivity contribution in [3.63, 3.8) is 0 Å². The van der Waals surface area contributed by atoms with Crippen LogP contribution < -0.4 is 0 Å². The summed E-state index contributed by atoms with van der Waals surface area (Å²) in [5, 5.41) is 0. The Hall–Kier alpha value is -1.30. The van der Waals surface area contributed by atoms with Crippen LogP contribution in [0.15, 0.2) is 24.8 Å². The summed E-state index contributed by atoms with van der Waals surface area (Å²) in [6, 6.07) is 4.29. The average molecular weight is 202 g/mol. The molecule has 0 radical (unpaired) electrons. The smallest absolute Gasteiger partial charge is 0.0156 e. The molecule has 0 spiro atoms. The Labute approximate surface area is 94.3 Å². The summed E-state index contributed by atoms with van der Waals surface area (Å²) in [6.45, 7) is 14.1. The van der Waals surface area contributed by atoms with Gasteiger partial charge in [0.2, 0.25) is 0 Å². The second-order valence-electron chi connectivity index (χ2n) is 3.23. The highest BCUT2D eigenvalue weighted by Crippen LogP contribution is 2.20. The van der Waals surface area contributed by atoms with Crippen LogP contribution in [0, 0.1) is 13.8 Å². The maximum absolute atomic E-state index is 3.84. The SMILES string of the molecule is C=Cc1c(C)ccc(C)c1/C=C\C.CC. The summed E-state index contributed by atoms with van der Waals surface area (Å²) in [7, 11) is 0. The highest BCUT2D eigenvalue weighted by atomic mass is 14.1. The fourth-order valence-electron chi connectivity index (χ4n) is 1.51. The molecule has 0 aliphatic rings. The molecular weight excluding hydrogens is 180 g/mol. The molecule has 0 heteroatoms. The molecule has 0 atom stereocenters. The number of aryl methyl sites for hydroxylation is 2. The van der Waals surface area contributed by atoms with Gasteiger partial charge < -0.3 is 0 Å². The second kappa shape index (κ2) is 7.05. The van der Waals surface area contributed by atoms with Gasteiger partial charge in [-0.3, -0.25) is 0 Å². The van der Waals surface area contributed by atoms with Crippen molar-refractivity contribution in [1.82, 2.24) is 0 Å². The zero-order valence-electron chi connectivity index (χ0n) is 10.6. The summed E-state index contributed by atoms with van der Waals surface area (Å²) in [4.78, 5) is 0. The van der Waals surface area contributed by atoms with E-state index in [4.69, 9.17) is 0 Å². The van der Waals surface area contributed by atoms with Crippen LogP contribution in [0.1, 0.15) is 43.0 Å². The molecule has 0 saturated carbocycles. The Balaban J connectivity index is 0.000000921. The molecule has 1 rings (SSSR count). The maximum atomic E-state index is 3.84. The van der Waals surface area contributed by atoms with E-state index in [0.717, 1.165) is 0 Å². The highest BCUT2D eigenvalue weighted by Gasteiger charge is 2.01. The van der Waals surface area contributed by atoms with E-state index in [2.05, 4.69) is 44.7 Å². The molecule has 82 valence electrons. The van der Waals surface area contributed by atoms with Crippen molar-refractivity contribution >= 4 is 12.2 Å². The molecule has 0 aromatic heterocycles. The van der Waals surface area contributed by atoms with E-state index >= 15 is 0 Å². The largest absolute Gasteiger partial charge is 0.0984 e. The van der Waals surface area contributed by atoms with E-state index in [0.29, 0.717) is 0 Å². The van der Waals surface area contributed by atoms with Crippen molar-refractivity contribution in [2.75, 3.05) is 0 Å². The average Bonchev–Trinajstić information content (AvgIpc) is 2.27. The third-order valence-electron chi connectivity index (χ3n) is 2.26. The Bertz CT molecular complexity index is 343. The first-order chi connectivity index (χ1) is 7.20. The summed E-state index contributed by atoms with van der Waals surface area (Å²) in [5.41, 5.74) is 5.13. The first-order valence-corrected chi connectivity index (χ1v) is 5.56. The fraction of sp³-hybridized carbons (Fsp3) is 0.333. The second-order valence-corrected chi connectivity index (χ2v) is 3.23. The summed E-state index contributed by atoms with van der Waals surface area (Å²) < 4.78 is 0. The lowest BCUT2D eigenvalue weighted by atomic mass is 9.97. The first kappa shape index (κ1) is 13.7. The third-order valence-corrected chi connectivity index (χ3v) is 2.26. The van der Waals surface area contributed by atoms with Crippen LogP contribution in [-0.2, 0) is 0 Å². The van der Waals surface area contributed by atoms with E-state index < -0.39 is 0 Å². The van der Waals surface area contributed by atoms with Gasteiger partial charge in [-0.1, -0.05) is 50.8 Å². The summed E-state index contributed by atoms with van der Waals surface area (Å²) in [5.74, 6) is 0. The molecule has 0 fully saturated rings. The third kappa shape index (κ3) is 3.39. The fourth-order valence-corrected chi connectivity index (χ4v) is 1.51. The van der Waals surface area contributed by atoms with Gasteiger partial charge in [-0.25, -0.2) is 0 Å². The van der Waals surface area contributed by atoms with Gasteiger partial charge >= 0.3 is 0 Å². The lowest BCUT2D eigenvalue weighted by Gasteiger charge is -2.08. The van der Waals surface area contributed by atoms with Crippen LogP contribution in [-0.4, -0.2) is 0 Å². The van der Waals surface area contributed by atoms with Crippen LogP contribution in [0.2, 0.25) is 0 Å². The minimum atomic E-state index is 1.25. The van der Waals surface area contributed by atoms with Gasteiger partial charge in [-0.15, -0.1) is 0 Å². The molecule has 1 aromatic rings. The number of benzene rings is 1. The van der Waals surface area contributed by atoms with Crippen molar-refractivity contribution in [2.24, 2.45) is 0 Å². The molecule has 0 aliphatic heterocycles. The first-order valence-electron chi connectivity index (χ1n) is 5.56. The van der Waals surface area contributed by atoms with Crippen LogP contribution in [0.4, 0.5) is 0 Å². The van der Waals surface area contributed by atoms with Gasteiger partial charge in [0.15, 0.2) is 0 Å². The van der Waals surface area contributed by atoms with E-state index in [1.54, 1.807) is 0 Å². The Morgan fingerprint density at radius 2 is 1.47 bits per heavy atom. The Morgan fingerprint density at radius 1 is 1.00 bits per heavy atom. The van der Waals surface area contributed by atoms with Gasteiger partial charge in [0, 0.05) is 0 Å². The van der Waals surface area contributed by atoms with Crippen molar-refractivity contribution in [2.45, 2.75) is 34.6 Å². The van der Waals surface area contributed by atoms with Gasteiger partial charge in [-0.05, 0) is 43.0 Å². The van der Waals surface area contributed by atoms with Crippen molar-refractivity contribution < 1.29 is 0 Å². The quantitative estimate of drug-likeness (QED) is 0.632. The minimum absolute atomic E-state index is 1.25. The molecule has 0 nitrogen and oxygen atoms in total. The molecule has 0 amide bonds. The number of allylic oxidation sites excluding steroid dienone is 1. The lowest BCUT2D eigenvalue weighted by Crippen LogP contribution is -1.89. The van der Waals surface area contributed by atoms with Gasteiger partial charge in [0.05, 0.1) is 0 Å². The van der Waals surface area contributed by atoms with Crippen molar-refractivity contribution in [3.05, 3.63) is 47.0 Å². The zero-order valence-corrected chi connectivity index (χ0v) is 10.6. The Kier molecular flexibility index (Phi) is 6.44. The topological polar surface area (TPSA) is 0 Å². The van der Waals surface area contributed by atoms with E-state index in [1.165, 1.54) is 22.3 Å².